The number of aromatic nitrogens is 1. The number of ether oxygens (including phenoxy) is 1. The highest BCUT2D eigenvalue weighted by Crippen LogP contribution is 2.27. The normalized spacial score (nSPS) is 13.1. The molecule has 4 nitrogen and oxygen atoms in total. The summed E-state index contributed by atoms with van der Waals surface area (Å²) in [5.74, 6) is -1.16. The smallest absolute Gasteiger partial charge is 0.338 e. The molecule has 0 radical (unpaired) electrons. The predicted octanol–water partition coefficient (Wildman–Crippen LogP) is 3.59. The minimum Gasteiger partial charge on any atom is -0.387 e. The second-order valence-electron chi connectivity index (χ2n) is 4.72. The van der Waals surface area contributed by atoms with Gasteiger partial charge >= 0.3 is 11.9 Å². The quantitative estimate of drug-likeness (QED) is 0.550. The van der Waals surface area contributed by atoms with Crippen molar-refractivity contribution in [2.45, 2.75) is 0 Å². The van der Waals surface area contributed by atoms with Gasteiger partial charge in [-0.3, -0.25) is 0 Å². The third kappa shape index (κ3) is 2.54. The second kappa shape index (κ2) is 5.69. The molecular weight excluding hydrogens is 278 g/mol. The van der Waals surface area contributed by atoms with E-state index in [0.29, 0.717) is 0 Å². The number of aromatic amines is 1. The van der Waals surface area contributed by atoms with Gasteiger partial charge in [-0.1, -0.05) is 49.1 Å². The first-order valence-corrected chi connectivity index (χ1v) is 6.75. The maximum absolute atomic E-state index is 9.92. The molecule has 1 N–H and O–H groups in total. The Hall–Kier alpha value is -3.14. The summed E-state index contributed by atoms with van der Waals surface area (Å²) in [6.07, 6.45) is 4.06. The summed E-state index contributed by atoms with van der Waals surface area (Å²) >= 11 is 0. The van der Waals surface area contributed by atoms with Crippen LogP contribution in [0.25, 0.3) is 27.9 Å². The average molecular weight is 291 g/mol. The molecule has 0 bridgehead atoms. The summed E-state index contributed by atoms with van der Waals surface area (Å²) in [5.41, 5.74) is 3.51. The van der Waals surface area contributed by atoms with Crippen molar-refractivity contribution in [3.8, 4) is 0 Å². The number of H-pyrrole nitrogens is 1. The molecule has 1 aliphatic rings. The molecular formula is C18H13NO3. The van der Waals surface area contributed by atoms with Crippen LogP contribution in [0.15, 0.2) is 61.2 Å². The van der Waals surface area contributed by atoms with Crippen LogP contribution in [0.5, 0.6) is 0 Å². The Bertz CT molecular complexity index is 902. The van der Waals surface area contributed by atoms with Crippen molar-refractivity contribution in [2.24, 2.45) is 0 Å². The fraction of sp³-hybridized carbons (Fsp3) is 0. The summed E-state index contributed by atoms with van der Waals surface area (Å²) in [7, 11) is 0. The average Bonchev–Trinajstić information content (AvgIpc) is 3.10. The SMILES string of the molecule is C=Cc1cccc2c1[nH]c1ccccc12.O=C1C=CC(=O)O1. The summed E-state index contributed by atoms with van der Waals surface area (Å²) in [6, 6.07) is 14.6. The van der Waals surface area contributed by atoms with E-state index in [2.05, 4.69) is 52.7 Å². The van der Waals surface area contributed by atoms with E-state index in [0.717, 1.165) is 17.7 Å². The van der Waals surface area contributed by atoms with E-state index in [-0.39, 0.29) is 0 Å². The van der Waals surface area contributed by atoms with Gasteiger partial charge in [0.1, 0.15) is 0 Å². The van der Waals surface area contributed by atoms with E-state index in [1.54, 1.807) is 0 Å². The number of esters is 2. The Morgan fingerprint density at radius 1 is 0.909 bits per heavy atom. The van der Waals surface area contributed by atoms with E-state index in [4.69, 9.17) is 0 Å². The number of benzene rings is 2. The van der Waals surface area contributed by atoms with Crippen LogP contribution in [0.4, 0.5) is 0 Å². The van der Waals surface area contributed by atoms with E-state index in [1.807, 2.05) is 12.1 Å². The molecule has 0 aliphatic carbocycles. The van der Waals surface area contributed by atoms with Gasteiger partial charge in [0.05, 0.1) is 5.52 Å². The molecule has 0 spiro atoms. The lowest BCUT2D eigenvalue weighted by Crippen LogP contribution is -1.96. The van der Waals surface area contributed by atoms with E-state index in [9.17, 15) is 9.59 Å². The third-order valence-electron chi connectivity index (χ3n) is 3.35. The molecule has 1 aromatic heterocycles. The minimum atomic E-state index is -0.579. The zero-order valence-electron chi connectivity index (χ0n) is 11.7. The van der Waals surface area contributed by atoms with Gasteiger partial charge in [0.2, 0.25) is 0 Å². The molecule has 2 heterocycles. The van der Waals surface area contributed by atoms with Crippen molar-refractivity contribution in [1.29, 1.82) is 0 Å². The largest absolute Gasteiger partial charge is 0.387 e. The Labute approximate surface area is 126 Å². The molecule has 22 heavy (non-hydrogen) atoms. The number of fused-ring (bicyclic) bond motifs is 3. The van der Waals surface area contributed by atoms with Gasteiger partial charge in [-0.25, -0.2) is 9.59 Å². The number of para-hydroxylation sites is 2. The Morgan fingerprint density at radius 3 is 2.23 bits per heavy atom. The fourth-order valence-corrected chi connectivity index (χ4v) is 2.37. The number of carbonyl (C=O) groups is 2. The van der Waals surface area contributed by atoms with Gasteiger partial charge < -0.3 is 9.72 Å². The van der Waals surface area contributed by atoms with Crippen LogP contribution < -0.4 is 0 Å². The Balaban J connectivity index is 0.000000174. The first-order valence-electron chi connectivity index (χ1n) is 6.75. The van der Waals surface area contributed by atoms with Crippen molar-refractivity contribution >= 4 is 39.8 Å². The molecule has 4 rings (SSSR count). The molecule has 4 heteroatoms. The van der Waals surface area contributed by atoms with Crippen LogP contribution >= 0.6 is 0 Å². The lowest BCUT2D eigenvalue weighted by atomic mass is 10.1. The van der Waals surface area contributed by atoms with Crippen LogP contribution in [0.1, 0.15) is 5.56 Å². The zero-order chi connectivity index (χ0) is 15.5. The van der Waals surface area contributed by atoms with Crippen molar-refractivity contribution in [3.63, 3.8) is 0 Å². The second-order valence-corrected chi connectivity index (χ2v) is 4.72. The molecule has 0 amide bonds. The molecule has 0 atom stereocenters. The summed E-state index contributed by atoms with van der Waals surface area (Å²) in [5, 5.41) is 2.54. The number of cyclic esters (lactones) is 2. The topological polar surface area (TPSA) is 59.2 Å². The van der Waals surface area contributed by atoms with Crippen molar-refractivity contribution in [2.75, 3.05) is 0 Å². The van der Waals surface area contributed by atoms with Crippen LogP contribution in [0.3, 0.4) is 0 Å². The molecule has 3 aromatic rings. The number of rotatable bonds is 1. The lowest BCUT2D eigenvalue weighted by Gasteiger charge is -1.94. The summed E-state index contributed by atoms with van der Waals surface area (Å²) in [4.78, 5) is 23.3. The van der Waals surface area contributed by atoms with Crippen LogP contribution in [-0.4, -0.2) is 16.9 Å². The van der Waals surface area contributed by atoms with Crippen molar-refractivity contribution in [1.82, 2.24) is 4.98 Å². The van der Waals surface area contributed by atoms with E-state index >= 15 is 0 Å². The van der Waals surface area contributed by atoms with Crippen molar-refractivity contribution in [3.05, 3.63) is 66.8 Å². The Kier molecular flexibility index (Phi) is 3.58. The highest BCUT2D eigenvalue weighted by Gasteiger charge is 2.10. The van der Waals surface area contributed by atoms with Gasteiger partial charge in [0.25, 0.3) is 0 Å². The highest BCUT2D eigenvalue weighted by molar-refractivity contribution is 6.09. The molecule has 108 valence electrons. The minimum absolute atomic E-state index is 0.579. The third-order valence-corrected chi connectivity index (χ3v) is 3.35. The Morgan fingerprint density at radius 2 is 1.59 bits per heavy atom. The molecule has 1 aliphatic heterocycles. The van der Waals surface area contributed by atoms with Crippen LogP contribution in [0.2, 0.25) is 0 Å². The van der Waals surface area contributed by atoms with Gasteiger partial charge in [-0.05, 0) is 11.6 Å². The standard InChI is InChI=1S/C14H11N.C4H2O3/c1-2-10-6-5-8-12-11-7-3-4-9-13(11)15-14(10)12;5-3-1-2-4(6)7-3/h2-9,15H,1H2;1-2H. The molecule has 0 saturated carbocycles. The summed E-state index contributed by atoms with van der Waals surface area (Å²) in [6.45, 7) is 3.83. The first-order chi connectivity index (χ1) is 10.7. The zero-order valence-corrected chi connectivity index (χ0v) is 11.7. The van der Waals surface area contributed by atoms with Gasteiger partial charge in [-0.2, -0.15) is 0 Å². The number of nitrogens with one attached hydrogen (secondary N) is 1. The molecule has 2 aromatic carbocycles. The molecule has 0 fully saturated rings. The van der Waals surface area contributed by atoms with E-state index < -0.39 is 11.9 Å². The predicted molar refractivity (Wildman–Crippen MR) is 86.1 cm³/mol. The van der Waals surface area contributed by atoms with Gasteiger partial charge in [0.15, 0.2) is 0 Å². The van der Waals surface area contributed by atoms with Crippen LogP contribution in [-0.2, 0) is 14.3 Å². The van der Waals surface area contributed by atoms with Crippen molar-refractivity contribution < 1.29 is 14.3 Å². The summed E-state index contributed by atoms with van der Waals surface area (Å²) < 4.78 is 3.97. The highest BCUT2D eigenvalue weighted by atomic mass is 16.6. The maximum Gasteiger partial charge on any atom is 0.338 e. The number of carbonyl (C=O) groups excluding carboxylic acids is 2. The maximum atomic E-state index is 9.92. The fourth-order valence-electron chi connectivity index (χ4n) is 2.37. The monoisotopic (exact) mass is 291 g/mol. The molecule has 0 saturated heterocycles. The first kappa shape index (κ1) is 13.8. The van der Waals surface area contributed by atoms with Gasteiger partial charge in [-0.15, -0.1) is 0 Å². The van der Waals surface area contributed by atoms with Gasteiger partial charge in [0, 0.05) is 28.4 Å². The van der Waals surface area contributed by atoms with Crippen LogP contribution in [0, 0.1) is 0 Å². The molecule has 0 unspecified atom stereocenters. The van der Waals surface area contributed by atoms with E-state index in [1.165, 1.54) is 21.8 Å². The lowest BCUT2D eigenvalue weighted by molar-refractivity contribution is -0.150. The number of hydrogen-bond acceptors (Lipinski definition) is 3. The number of hydrogen-bond donors (Lipinski definition) is 1.